The first-order valence-electron chi connectivity index (χ1n) is 10.3. The van der Waals surface area contributed by atoms with E-state index in [-0.39, 0.29) is 35.9 Å². The molecule has 0 aromatic carbocycles. The SMILES string of the molecule is O=C(NC1CCC(Oc2cnccn2)CC1)C1CC(=O)N(C2CCOCC2)C1. The lowest BCUT2D eigenvalue weighted by atomic mass is 9.92. The van der Waals surface area contributed by atoms with Crippen LogP contribution in [0.3, 0.4) is 0 Å². The zero-order valence-corrected chi connectivity index (χ0v) is 16.1. The summed E-state index contributed by atoms with van der Waals surface area (Å²) in [5.74, 6) is 0.436. The molecule has 1 saturated carbocycles. The Morgan fingerprint density at radius 2 is 1.93 bits per heavy atom. The van der Waals surface area contributed by atoms with Gasteiger partial charge in [-0.25, -0.2) is 4.98 Å². The van der Waals surface area contributed by atoms with Gasteiger partial charge in [0.25, 0.3) is 0 Å². The number of amides is 2. The van der Waals surface area contributed by atoms with Crippen molar-refractivity contribution in [3.63, 3.8) is 0 Å². The summed E-state index contributed by atoms with van der Waals surface area (Å²) in [6.07, 6.45) is 10.5. The first-order valence-corrected chi connectivity index (χ1v) is 10.3. The van der Waals surface area contributed by atoms with Crippen molar-refractivity contribution >= 4 is 11.8 Å². The van der Waals surface area contributed by atoms with Crippen LogP contribution in [0.25, 0.3) is 0 Å². The van der Waals surface area contributed by atoms with Crippen molar-refractivity contribution in [2.45, 2.75) is 63.1 Å². The molecule has 0 bridgehead atoms. The van der Waals surface area contributed by atoms with Crippen LogP contribution in [0.4, 0.5) is 0 Å². The highest BCUT2D eigenvalue weighted by molar-refractivity contribution is 5.89. The predicted octanol–water partition coefficient (Wildman–Crippen LogP) is 1.31. The summed E-state index contributed by atoms with van der Waals surface area (Å²) in [6.45, 7) is 1.94. The lowest BCUT2D eigenvalue weighted by molar-refractivity contribution is -0.131. The van der Waals surface area contributed by atoms with E-state index >= 15 is 0 Å². The van der Waals surface area contributed by atoms with Gasteiger partial charge in [-0.2, -0.15) is 0 Å². The summed E-state index contributed by atoms with van der Waals surface area (Å²) >= 11 is 0. The number of carbonyl (C=O) groups is 2. The van der Waals surface area contributed by atoms with Crippen molar-refractivity contribution < 1.29 is 19.1 Å². The third kappa shape index (κ3) is 4.60. The second kappa shape index (κ2) is 8.86. The van der Waals surface area contributed by atoms with Crippen molar-refractivity contribution in [3.8, 4) is 5.88 Å². The largest absolute Gasteiger partial charge is 0.473 e. The Kier molecular flexibility index (Phi) is 6.04. The number of ether oxygens (including phenoxy) is 2. The van der Waals surface area contributed by atoms with Gasteiger partial charge in [0.15, 0.2) is 0 Å². The van der Waals surface area contributed by atoms with E-state index in [2.05, 4.69) is 15.3 Å². The summed E-state index contributed by atoms with van der Waals surface area (Å²) in [7, 11) is 0. The molecule has 8 nitrogen and oxygen atoms in total. The molecule has 1 aromatic rings. The highest BCUT2D eigenvalue weighted by Crippen LogP contribution is 2.27. The van der Waals surface area contributed by atoms with Crippen molar-refractivity contribution in [2.75, 3.05) is 19.8 Å². The Balaban J connectivity index is 1.22. The van der Waals surface area contributed by atoms with Crippen LogP contribution in [0.5, 0.6) is 5.88 Å². The molecule has 3 heterocycles. The number of carbonyl (C=O) groups excluding carboxylic acids is 2. The fourth-order valence-corrected chi connectivity index (χ4v) is 4.42. The van der Waals surface area contributed by atoms with Crippen LogP contribution < -0.4 is 10.1 Å². The normalized spacial score (nSPS) is 28.9. The van der Waals surface area contributed by atoms with Gasteiger partial charge in [0.2, 0.25) is 17.7 Å². The molecular formula is C20H28N4O4. The zero-order valence-electron chi connectivity index (χ0n) is 16.1. The average molecular weight is 388 g/mol. The second-order valence-corrected chi connectivity index (χ2v) is 7.93. The highest BCUT2D eigenvalue weighted by atomic mass is 16.5. The second-order valence-electron chi connectivity index (χ2n) is 7.93. The molecule has 28 heavy (non-hydrogen) atoms. The molecule has 3 aliphatic rings. The number of nitrogens with one attached hydrogen (secondary N) is 1. The molecule has 1 unspecified atom stereocenters. The van der Waals surface area contributed by atoms with Crippen LogP contribution >= 0.6 is 0 Å². The van der Waals surface area contributed by atoms with E-state index in [0.717, 1.165) is 38.5 Å². The van der Waals surface area contributed by atoms with Gasteiger partial charge in [-0.3, -0.25) is 14.6 Å². The van der Waals surface area contributed by atoms with Crippen LogP contribution in [-0.2, 0) is 14.3 Å². The van der Waals surface area contributed by atoms with Gasteiger partial charge in [0, 0.05) is 50.7 Å². The van der Waals surface area contributed by atoms with E-state index in [4.69, 9.17) is 9.47 Å². The smallest absolute Gasteiger partial charge is 0.232 e. The molecular weight excluding hydrogens is 360 g/mol. The Morgan fingerprint density at radius 1 is 1.14 bits per heavy atom. The highest BCUT2D eigenvalue weighted by Gasteiger charge is 2.39. The Bertz CT molecular complexity index is 672. The van der Waals surface area contributed by atoms with Gasteiger partial charge in [0.05, 0.1) is 12.1 Å². The van der Waals surface area contributed by atoms with Crippen LogP contribution in [-0.4, -0.2) is 64.6 Å². The molecule has 2 saturated heterocycles. The van der Waals surface area contributed by atoms with Gasteiger partial charge in [-0.05, 0) is 38.5 Å². The molecule has 1 aliphatic carbocycles. The monoisotopic (exact) mass is 388 g/mol. The molecule has 1 N–H and O–H groups in total. The molecule has 0 radical (unpaired) electrons. The number of hydrogen-bond acceptors (Lipinski definition) is 6. The maximum absolute atomic E-state index is 12.7. The molecule has 0 spiro atoms. The molecule has 4 rings (SSSR count). The molecule has 2 aliphatic heterocycles. The number of nitrogens with zero attached hydrogens (tertiary/aromatic N) is 3. The summed E-state index contributed by atoms with van der Waals surface area (Å²) in [5.41, 5.74) is 0. The number of rotatable bonds is 5. The van der Waals surface area contributed by atoms with Gasteiger partial charge < -0.3 is 19.7 Å². The van der Waals surface area contributed by atoms with E-state index in [1.807, 2.05) is 4.90 Å². The lowest BCUT2D eigenvalue weighted by Gasteiger charge is -2.31. The Labute approximate surface area is 165 Å². The summed E-state index contributed by atoms with van der Waals surface area (Å²) in [5, 5.41) is 3.16. The maximum Gasteiger partial charge on any atom is 0.232 e. The first kappa shape index (κ1) is 19.1. The summed E-state index contributed by atoms with van der Waals surface area (Å²) < 4.78 is 11.2. The minimum atomic E-state index is -0.232. The predicted molar refractivity (Wildman–Crippen MR) is 101 cm³/mol. The Morgan fingerprint density at radius 3 is 2.64 bits per heavy atom. The quantitative estimate of drug-likeness (QED) is 0.817. The fourth-order valence-electron chi connectivity index (χ4n) is 4.42. The summed E-state index contributed by atoms with van der Waals surface area (Å²) in [6, 6.07) is 0.383. The number of likely N-dealkylation sites (tertiary alicyclic amines) is 1. The van der Waals surface area contributed by atoms with Gasteiger partial charge in [-0.1, -0.05) is 0 Å². The molecule has 1 atom stereocenters. The van der Waals surface area contributed by atoms with Gasteiger partial charge >= 0.3 is 0 Å². The maximum atomic E-state index is 12.7. The first-order chi connectivity index (χ1) is 13.7. The molecule has 152 valence electrons. The van der Waals surface area contributed by atoms with Gasteiger partial charge in [0.1, 0.15) is 6.10 Å². The van der Waals surface area contributed by atoms with E-state index < -0.39 is 0 Å². The molecule has 2 amide bonds. The zero-order chi connectivity index (χ0) is 19.3. The fraction of sp³-hybridized carbons (Fsp3) is 0.700. The van der Waals surface area contributed by atoms with Crippen LogP contribution in [0.2, 0.25) is 0 Å². The topological polar surface area (TPSA) is 93.7 Å². The minimum Gasteiger partial charge on any atom is -0.473 e. The van der Waals surface area contributed by atoms with E-state index in [9.17, 15) is 9.59 Å². The molecule has 8 heteroatoms. The van der Waals surface area contributed by atoms with Crippen molar-refractivity contribution in [2.24, 2.45) is 5.92 Å². The van der Waals surface area contributed by atoms with Crippen LogP contribution in [0, 0.1) is 5.92 Å². The van der Waals surface area contributed by atoms with E-state index in [1.165, 1.54) is 0 Å². The lowest BCUT2D eigenvalue weighted by Crippen LogP contribution is -2.44. The number of hydrogen-bond donors (Lipinski definition) is 1. The van der Waals surface area contributed by atoms with Crippen LogP contribution in [0.15, 0.2) is 18.6 Å². The summed E-state index contributed by atoms with van der Waals surface area (Å²) in [4.78, 5) is 35.1. The van der Waals surface area contributed by atoms with Crippen molar-refractivity contribution in [1.82, 2.24) is 20.2 Å². The van der Waals surface area contributed by atoms with E-state index in [0.29, 0.717) is 32.1 Å². The van der Waals surface area contributed by atoms with Crippen molar-refractivity contribution in [1.29, 1.82) is 0 Å². The Hall–Kier alpha value is -2.22. The molecule has 3 fully saturated rings. The van der Waals surface area contributed by atoms with Crippen molar-refractivity contribution in [3.05, 3.63) is 18.6 Å². The van der Waals surface area contributed by atoms with Crippen LogP contribution in [0.1, 0.15) is 44.9 Å². The van der Waals surface area contributed by atoms with E-state index in [1.54, 1.807) is 18.6 Å². The third-order valence-corrected chi connectivity index (χ3v) is 6.01. The van der Waals surface area contributed by atoms with Gasteiger partial charge in [-0.15, -0.1) is 0 Å². The third-order valence-electron chi connectivity index (χ3n) is 6.01. The standard InChI is InChI=1S/C20H28N4O4/c25-19-11-14(13-24(19)16-5-9-27-10-6-16)20(26)23-15-1-3-17(4-2-15)28-18-12-21-7-8-22-18/h7-8,12,14-17H,1-6,9-11,13H2,(H,23,26). The average Bonchev–Trinajstić information content (AvgIpc) is 3.13. The minimum absolute atomic E-state index is 0.0150. The molecule has 1 aromatic heterocycles. The number of aromatic nitrogens is 2.